The van der Waals surface area contributed by atoms with E-state index >= 15 is 0 Å². The SMILES string of the molecule is CN(C)S(=O)(=O)c1ccc(Oc2ccc(CN)cc2)nc1. The van der Waals surface area contributed by atoms with E-state index in [1.807, 2.05) is 12.1 Å². The van der Waals surface area contributed by atoms with Gasteiger partial charge in [-0.2, -0.15) is 0 Å². The van der Waals surface area contributed by atoms with Gasteiger partial charge in [-0.15, -0.1) is 0 Å². The molecule has 1 aromatic carbocycles. The van der Waals surface area contributed by atoms with E-state index in [2.05, 4.69) is 4.98 Å². The third kappa shape index (κ3) is 3.57. The van der Waals surface area contributed by atoms with Gasteiger partial charge in [0.05, 0.1) is 6.20 Å². The van der Waals surface area contributed by atoms with Crippen LogP contribution in [-0.2, 0) is 16.6 Å². The van der Waals surface area contributed by atoms with E-state index in [1.165, 1.54) is 32.4 Å². The lowest BCUT2D eigenvalue weighted by Crippen LogP contribution is -2.22. The van der Waals surface area contributed by atoms with Crippen molar-refractivity contribution in [3.8, 4) is 11.6 Å². The first-order valence-corrected chi connectivity index (χ1v) is 7.73. The number of ether oxygens (including phenoxy) is 1. The molecule has 1 aromatic heterocycles. The lowest BCUT2D eigenvalue weighted by molar-refractivity contribution is 0.461. The Morgan fingerprint density at radius 3 is 2.29 bits per heavy atom. The van der Waals surface area contributed by atoms with Crippen LogP contribution in [0.3, 0.4) is 0 Å². The molecule has 112 valence electrons. The second-order valence-electron chi connectivity index (χ2n) is 4.57. The Hall–Kier alpha value is -1.96. The van der Waals surface area contributed by atoms with E-state index < -0.39 is 10.0 Å². The van der Waals surface area contributed by atoms with Crippen LogP contribution in [0.1, 0.15) is 5.56 Å². The smallest absolute Gasteiger partial charge is 0.244 e. The summed E-state index contributed by atoms with van der Waals surface area (Å²) in [5.74, 6) is 0.941. The molecule has 0 aliphatic carbocycles. The second kappa shape index (κ2) is 6.21. The number of hydrogen-bond donors (Lipinski definition) is 1. The van der Waals surface area contributed by atoms with Crippen molar-refractivity contribution in [3.05, 3.63) is 48.2 Å². The number of pyridine rings is 1. The normalized spacial score (nSPS) is 11.6. The van der Waals surface area contributed by atoms with Crippen LogP contribution in [-0.4, -0.2) is 31.8 Å². The highest BCUT2D eigenvalue weighted by atomic mass is 32.2. The highest BCUT2D eigenvalue weighted by Crippen LogP contribution is 2.21. The van der Waals surface area contributed by atoms with E-state index in [9.17, 15) is 8.42 Å². The van der Waals surface area contributed by atoms with Gasteiger partial charge in [0.25, 0.3) is 0 Å². The van der Waals surface area contributed by atoms with Crippen LogP contribution in [0.4, 0.5) is 0 Å². The van der Waals surface area contributed by atoms with Gasteiger partial charge in [-0.05, 0) is 23.8 Å². The Bertz CT molecular complexity index is 695. The number of nitrogens with two attached hydrogens (primary N) is 1. The van der Waals surface area contributed by atoms with Crippen molar-refractivity contribution in [3.63, 3.8) is 0 Å². The lowest BCUT2D eigenvalue weighted by atomic mass is 10.2. The van der Waals surface area contributed by atoms with Gasteiger partial charge in [0.1, 0.15) is 10.6 Å². The molecule has 0 aliphatic rings. The summed E-state index contributed by atoms with van der Waals surface area (Å²) in [5.41, 5.74) is 6.52. The molecule has 0 saturated carbocycles. The third-order valence-corrected chi connectivity index (χ3v) is 4.67. The fourth-order valence-electron chi connectivity index (χ4n) is 1.60. The number of hydrogen-bond acceptors (Lipinski definition) is 5. The summed E-state index contributed by atoms with van der Waals surface area (Å²) in [4.78, 5) is 4.14. The Balaban J connectivity index is 2.15. The van der Waals surface area contributed by atoms with Gasteiger partial charge < -0.3 is 10.5 Å². The highest BCUT2D eigenvalue weighted by Gasteiger charge is 2.17. The molecular formula is C14H17N3O3S. The highest BCUT2D eigenvalue weighted by molar-refractivity contribution is 7.89. The number of rotatable bonds is 5. The predicted octanol–water partition coefficient (Wildman–Crippen LogP) is 1.58. The molecule has 7 heteroatoms. The zero-order valence-corrected chi connectivity index (χ0v) is 12.7. The van der Waals surface area contributed by atoms with Crippen molar-refractivity contribution < 1.29 is 13.2 Å². The molecule has 2 aromatic rings. The molecule has 0 saturated heterocycles. The van der Waals surface area contributed by atoms with Crippen molar-refractivity contribution in [2.24, 2.45) is 5.73 Å². The molecule has 0 spiro atoms. The van der Waals surface area contributed by atoms with Gasteiger partial charge in [0.15, 0.2) is 0 Å². The Labute approximate surface area is 124 Å². The molecule has 6 nitrogen and oxygen atoms in total. The molecule has 0 atom stereocenters. The Kier molecular flexibility index (Phi) is 4.56. The summed E-state index contributed by atoms with van der Waals surface area (Å²) in [6.45, 7) is 0.468. The van der Waals surface area contributed by atoms with Crippen molar-refractivity contribution >= 4 is 10.0 Å². The Morgan fingerprint density at radius 1 is 1.14 bits per heavy atom. The van der Waals surface area contributed by atoms with Crippen LogP contribution in [0.25, 0.3) is 0 Å². The van der Waals surface area contributed by atoms with Gasteiger partial charge >= 0.3 is 0 Å². The molecule has 0 fully saturated rings. The van der Waals surface area contributed by atoms with E-state index in [1.54, 1.807) is 12.1 Å². The molecule has 0 bridgehead atoms. The van der Waals surface area contributed by atoms with Crippen molar-refractivity contribution in [2.75, 3.05) is 14.1 Å². The van der Waals surface area contributed by atoms with Gasteiger partial charge in [0.2, 0.25) is 15.9 Å². The van der Waals surface area contributed by atoms with Gasteiger partial charge in [-0.25, -0.2) is 17.7 Å². The number of nitrogens with zero attached hydrogens (tertiary/aromatic N) is 2. The number of benzene rings is 1. The first-order chi connectivity index (χ1) is 9.93. The van der Waals surface area contributed by atoms with Crippen molar-refractivity contribution in [2.45, 2.75) is 11.4 Å². The van der Waals surface area contributed by atoms with Crippen molar-refractivity contribution in [1.82, 2.24) is 9.29 Å². The monoisotopic (exact) mass is 307 g/mol. The number of sulfonamides is 1. The summed E-state index contributed by atoms with van der Waals surface area (Å²) in [6, 6.07) is 10.3. The van der Waals surface area contributed by atoms with Crippen LogP contribution in [0, 0.1) is 0 Å². The topological polar surface area (TPSA) is 85.5 Å². The molecule has 21 heavy (non-hydrogen) atoms. The zero-order valence-electron chi connectivity index (χ0n) is 11.9. The minimum atomic E-state index is -3.47. The molecular weight excluding hydrogens is 290 g/mol. The first-order valence-electron chi connectivity index (χ1n) is 6.29. The van der Waals surface area contributed by atoms with Crippen LogP contribution in [0.2, 0.25) is 0 Å². The fourth-order valence-corrected chi connectivity index (χ4v) is 2.45. The van der Waals surface area contributed by atoms with Gasteiger partial charge in [-0.3, -0.25) is 0 Å². The predicted molar refractivity (Wildman–Crippen MR) is 79.5 cm³/mol. The standard InChI is InChI=1S/C14H17N3O3S/c1-17(2)21(18,19)13-7-8-14(16-10-13)20-12-5-3-11(9-15)4-6-12/h3-8,10H,9,15H2,1-2H3. The third-order valence-electron chi connectivity index (χ3n) is 2.87. The van der Waals surface area contributed by atoms with E-state index in [0.717, 1.165) is 9.87 Å². The molecule has 0 unspecified atom stereocenters. The molecule has 0 aliphatic heterocycles. The fraction of sp³-hybridized carbons (Fsp3) is 0.214. The molecule has 0 amide bonds. The summed E-state index contributed by atoms with van der Waals surface area (Å²) >= 11 is 0. The summed E-state index contributed by atoms with van der Waals surface area (Å²) < 4.78 is 30.5. The van der Waals surface area contributed by atoms with E-state index in [0.29, 0.717) is 18.2 Å². The lowest BCUT2D eigenvalue weighted by Gasteiger charge is -2.11. The minimum absolute atomic E-state index is 0.123. The van der Waals surface area contributed by atoms with Gasteiger partial charge in [0, 0.05) is 26.7 Å². The molecule has 1 heterocycles. The summed E-state index contributed by atoms with van der Waals surface area (Å²) in [7, 11) is -0.532. The number of aromatic nitrogens is 1. The largest absolute Gasteiger partial charge is 0.439 e. The second-order valence-corrected chi connectivity index (χ2v) is 6.72. The minimum Gasteiger partial charge on any atom is -0.439 e. The maximum absolute atomic E-state index is 11.9. The summed E-state index contributed by atoms with van der Waals surface area (Å²) in [6.07, 6.45) is 1.28. The van der Waals surface area contributed by atoms with E-state index in [4.69, 9.17) is 10.5 Å². The zero-order chi connectivity index (χ0) is 15.5. The van der Waals surface area contributed by atoms with Gasteiger partial charge in [-0.1, -0.05) is 12.1 Å². The Morgan fingerprint density at radius 2 is 1.81 bits per heavy atom. The van der Waals surface area contributed by atoms with Crippen LogP contribution in [0.15, 0.2) is 47.5 Å². The molecule has 2 rings (SSSR count). The van der Waals surface area contributed by atoms with E-state index in [-0.39, 0.29) is 4.90 Å². The molecule has 2 N–H and O–H groups in total. The average Bonchev–Trinajstić information content (AvgIpc) is 2.48. The van der Waals surface area contributed by atoms with Crippen LogP contribution < -0.4 is 10.5 Å². The summed E-state index contributed by atoms with van der Waals surface area (Å²) in [5, 5.41) is 0. The maximum atomic E-state index is 11.9. The first kappa shape index (κ1) is 15.4. The van der Waals surface area contributed by atoms with Crippen LogP contribution in [0.5, 0.6) is 11.6 Å². The average molecular weight is 307 g/mol. The molecule has 0 radical (unpaired) electrons. The van der Waals surface area contributed by atoms with Crippen molar-refractivity contribution in [1.29, 1.82) is 0 Å². The quantitative estimate of drug-likeness (QED) is 0.906. The van der Waals surface area contributed by atoms with Crippen LogP contribution >= 0.6 is 0 Å². The maximum Gasteiger partial charge on any atom is 0.244 e.